The lowest BCUT2D eigenvalue weighted by Gasteiger charge is -2.32. The number of aromatic nitrogens is 1. The number of nitrogens with zero attached hydrogens (tertiary/aromatic N) is 2. The number of aliphatic imine (C=N–C) groups is 1. The first kappa shape index (κ1) is 26.3. The molecule has 4 bridgehead atoms. The summed E-state index contributed by atoms with van der Waals surface area (Å²) in [5, 5.41) is 9.63. The fourth-order valence-corrected chi connectivity index (χ4v) is 6.49. The molecular weight excluding hydrogens is 472 g/mol. The van der Waals surface area contributed by atoms with Crippen molar-refractivity contribution in [3.63, 3.8) is 0 Å². The highest BCUT2D eigenvalue weighted by Gasteiger charge is 2.27. The summed E-state index contributed by atoms with van der Waals surface area (Å²) in [6.45, 7) is 0. The summed E-state index contributed by atoms with van der Waals surface area (Å²) >= 11 is 0. The van der Waals surface area contributed by atoms with Crippen LogP contribution in [-0.2, 0) is 19.3 Å². The van der Waals surface area contributed by atoms with Crippen molar-refractivity contribution in [1.82, 2.24) is 10.4 Å². The second kappa shape index (κ2) is 13.0. The highest BCUT2D eigenvalue weighted by atomic mass is 16.4. The Morgan fingerprint density at radius 1 is 0.895 bits per heavy atom. The summed E-state index contributed by atoms with van der Waals surface area (Å²) in [7, 11) is 0. The summed E-state index contributed by atoms with van der Waals surface area (Å²) in [6, 6.07) is 10.5. The van der Waals surface area contributed by atoms with E-state index in [4.69, 9.17) is 4.99 Å². The standard InChI is InChI=1S/C32H40N4O2/c37-32(38)29-15-14-28-21-25(29)13-7-5-3-1-2-4-6-10-23-11-8-9-12-24(23)20-26-16-18-33-30-22-27(35-31(26)30)17-19-34-36-28/h14-16,18,21,23-24,34,36H,1-13,20,22H2,(H,37,38). The van der Waals surface area contributed by atoms with E-state index < -0.39 is 5.97 Å². The van der Waals surface area contributed by atoms with Crippen LogP contribution in [0.3, 0.4) is 0 Å². The molecule has 1 aromatic heterocycles. The van der Waals surface area contributed by atoms with E-state index in [9.17, 15) is 9.90 Å². The first-order valence-electron chi connectivity index (χ1n) is 14.6. The van der Waals surface area contributed by atoms with Gasteiger partial charge in [0.1, 0.15) is 0 Å². The van der Waals surface area contributed by atoms with Crippen molar-refractivity contribution in [3.05, 3.63) is 52.8 Å². The number of hydrogen-bond donors (Lipinski definition) is 3. The predicted octanol–water partition coefficient (Wildman–Crippen LogP) is 7.01. The van der Waals surface area contributed by atoms with Gasteiger partial charge in [-0.3, -0.25) is 15.8 Å². The lowest BCUT2D eigenvalue weighted by molar-refractivity contribution is 0.0695. The van der Waals surface area contributed by atoms with Gasteiger partial charge >= 0.3 is 5.97 Å². The molecule has 5 rings (SSSR count). The lowest BCUT2D eigenvalue weighted by atomic mass is 9.74. The zero-order valence-corrected chi connectivity index (χ0v) is 22.4. The van der Waals surface area contributed by atoms with Crippen molar-refractivity contribution in [1.29, 1.82) is 0 Å². The molecule has 1 saturated carbocycles. The number of aryl methyl sites for hydroxylation is 1. The fourth-order valence-electron chi connectivity index (χ4n) is 6.49. The molecule has 6 nitrogen and oxygen atoms in total. The summed E-state index contributed by atoms with van der Waals surface area (Å²) in [4.78, 5) is 21.2. The Morgan fingerprint density at radius 2 is 1.63 bits per heavy atom. The van der Waals surface area contributed by atoms with E-state index in [1.807, 2.05) is 12.3 Å². The monoisotopic (exact) mass is 512 g/mol. The lowest BCUT2D eigenvalue weighted by Crippen LogP contribution is -2.21. The first-order valence-corrected chi connectivity index (χ1v) is 14.6. The third kappa shape index (κ3) is 6.75. The van der Waals surface area contributed by atoms with Gasteiger partial charge in [-0.05, 0) is 78.8 Å². The summed E-state index contributed by atoms with van der Waals surface area (Å²) in [6.07, 6.45) is 19.9. The van der Waals surface area contributed by atoms with Crippen molar-refractivity contribution < 1.29 is 9.90 Å². The van der Waals surface area contributed by atoms with Crippen LogP contribution >= 0.6 is 0 Å². The number of hydrogen-bond acceptors (Lipinski definition) is 5. The van der Waals surface area contributed by atoms with E-state index in [-0.39, 0.29) is 0 Å². The number of aromatic carboxylic acids is 1. The molecule has 0 radical (unpaired) electrons. The van der Waals surface area contributed by atoms with Crippen LogP contribution in [0, 0.1) is 23.8 Å². The van der Waals surface area contributed by atoms with Gasteiger partial charge in [-0.25, -0.2) is 9.79 Å². The molecule has 2 atom stereocenters. The molecule has 3 aliphatic rings. The van der Waals surface area contributed by atoms with Gasteiger partial charge in [-0.2, -0.15) is 0 Å². The van der Waals surface area contributed by atoms with Gasteiger partial charge in [0, 0.05) is 18.7 Å². The van der Waals surface area contributed by atoms with E-state index in [0.29, 0.717) is 12.0 Å². The first-order chi connectivity index (χ1) is 18.7. The van der Waals surface area contributed by atoms with Crippen molar-refractivity contribution in [2.75, 3.05) is 5.43 Å². The molecule has 38 heavy (non-hydrogen) atoms. The molecule has 1 aliphatic carbocycles. The molecule has 3 heterocycles. The second-order valence-corrected chi connectivity index (χ2v) is 11.2. The number of pyridine rings is 1. The Morgan fingerprint density at radius 3 is 2.45 bits per heavy atom. The van der Waals surface area contributed by atoms with Crippen molar-refractivity contribution in [2.24, 2.45) is 16.8 Å². The minimum atomic E-state index is -0.872. The molecule has 2 unspecified atom stereocenters. The van der Waals surface area contributed by atoms with Gasteiger partial charge in [0.2, 0.25) is 0 Å². The van der Waals surface area contributed by atoms with Crippen LogP contribution in [0.5, 0.6) is 0 Å². The van der Waals surface area contributed by atoms with Crippen LogP contribution in [0.15, 0.2) is 35.5 Å². The number of carbonyl (C=O) groups is 1. The Balaban J connectivity index is 1.33. The minimum absolute atomic E-state index is 0.384. The Bertz CT molecular complexity index is 1230. The largest absolute Gasteiger partial charge is 0.478 e. The number of fused-ring (bicyclic) bond motifs is 3. The molecule has 2 aromatic rings. The molecule has 1 fully saturated rings. The number of nitrogens with one attached hydrogen (secondary N) is 2. The summed E-state index contributed by atoms with van der Waals surface area (Å²) in [5.74, 6) is 3.86. The van der Waals surface area contributed by atoms with Crippen LogP contribution < -0.4 is 10.9 Å². The molecule has 0 amide bonds. The maximum atomic E-state index is 11.7. The van der Waals surface area contributed by atoms with Crippen LogP contribution in [-0.4, -0.2) is 21.8 Å². The maximum absolute atomic E-state index is 11.7. The Labute approximate surface area is 226 Å². The van der Waals surface area contributed by atoms with E-state index in [1.165, 1.54) is 69.8 Å². The highest BCUT2D eigenvalue weighted by Crippen LogP contribution is 2.39. The van der Waals surface area contributed by atoms with Crippen LogP contribution in [0.25, 0.3) is 0 Å². The fraction of sp³-hybridized carbons (Fsp3) is 0.531. The smallest absolute Gasteiger partial charge is 0.335 e. The van der Waals surface area contributed by atoms with Crippen molar-refractivity contribution >= 4 is 23.1 Å². The quantitative estimate of drug-likeness (QED) is 0.358. The average molecular weight is 513 g/mol. The van der Waals surface area contributed by atoms with E-state index in [0.717, 1.165) is 65.9 Å². The molecular formula is C32H40N4O2. The third-order valence-electron chi connectivity index (χ3n) is 8.55. The zero-order valence-electron chi connectivity index (χ0n) is 22.4. The topological polar surface area (TPSA) is 86.6 Å². The molecule has 3 N–H and O–H groups in total. The summed E-state index contributed by atoms with van der Waals surface area (Å²) < 4.78 is 0. The van der Waals surface area contributed by atoms with Crippen molar-refractivity contribution in [2.45, 2.75) is 96.3 Å². The minimum Gasteiger partial charge on any atom is -0.478 e. The second-order valence-electron chi connectivity index (χ2n) is 11.2. The van der Waals surface area contributed by atoms with E-state index in [1.54, 1.807) is 12.1 Å². The number of carboxylic acid groups (broad SMARTS) is 1. The number of anilines is 1. The molecule has 2 aliphatic heterocycles. The molecule has 0 saturated heterocycles. The van der Waals surface area contributed by atoms with Gasteiger partial charge < -0.3 is 5.11 Å². The number of carboxylic acids is 1. The van der Waals surface area contributed by atoms with Crippen LogP contribution in [0.1, 0.15) is 104 Å². The maximum Gasteiger partial charge on any atom is 0.335 e. The number of rotatable bonds is 1. The van der Waals surface area contributed by atoms with Crippen LogP contribution in [0.2, 0.25) is 0 Å². The van der Waals surface area contributed by atoms with Gasteiger partial charge in [0.05, 0.1) is 28.3 Å². The normalized spacial score (nSPS) is 22.5. The molecule has 200 valence electrons. The molecule has 0 spiro atoms. The SMILES string of the molecule is O=C(O)c1ccc2cc1CCCCCCCCCC1CCCCC1Cc1ccnc3c1N=C(C#CNN2)C3. The van der Waals surface area contributed by atoms with Gasteiger partial charge in [-0.15, -0.1) is 0 Å². The van der Waals surface area contributed by atoms with E-state index in [2.05, 4.69) is 33.9 Å². The summed E-state index contributed by atoms with van der Waals surface area (Å²) in [5.41, 5.74) is 12.4. The zero-order chi connectivity index (χ0) is 26.2. The highest BCUT2D eigenvalue weighted by molar-refractivity contribution is 6.06. The molecule has 1 aromatic carbocycles. The number of hydrazine groups is 1. The van der Waals surface area contributed by atoms with E-state index >= 15 is 0 Å². The predicted molar refractivity (Wildman–Crippen MR) is 153 cm³/mol. The Kier molecular flexibility index (Phi) is 8.96. The average Bonchev–Trinajstić information content (AvgIpc) is 3.34. The van der Waals surface area contributed by atoms with Crippen molar-refractivity contribution in [3.8, 4) is 12.0 Å². The van der Waals surface area contributed by atoms with Gasteiger partial charge in [0.15, 0.2) is 0 Å². The third-order valence-corrected chi connectivity index (χ3v) is 8.55. The Hall–Kier alpha value is -3.33. The molecule has 6 heteroatoms. The van der Waals surface area contributed by atoms with Crippen LogP contribution in [0.4, 0.5) is 11.4 Å². The van der Waals surface area contributed by atoms with Gasteiger partial charge in [0.25, 0.3) is 0 Å². The number of benzene rings is 1. The van der Waals surface area contributed by atoms with Gasteiger partial charge in [-0.1, -0.05) is 64.2 Å².